The maximum absolute atomic E-state index is 13.9. The first-order chi connectivity index (χ1) is 18.3. The van der Waals surface area contributed by atoms with E-state index in [0.29, 0.717) is 10.6 Å². The van der Waals surface area contributed by atoms with Crippen molar-refractivity contribution in [1.29, 1.82) is 0 Å². The van der Waals surface area contributed by atoms with Crippen LogP contribution in [0.15, 0.2) is 72.8 Å². The maximum atomic E-state index is 13.9. The van der Waals surface area contributed by atoms with Crippen molar-refractivity contribution in [2.24, 2.45) is 0 Å². The van der Waals surface area contributed by atoms with Crippen LogP contribution in [0.1, 0.15) is 25.0 Å². The van der Waals surface area contributed by atoms with Gasteiger partial charge in [-0.2, -0.15) is 0 Å². The quantitative estimate of drug-likeness (QED) is 0.336. The second-order valence-corrected chi connectivity index (χ2v) is 12.1. The Hall–Kier alpha value is -3.14. The number of hydrogen-bond acceptors (Lipinski definition) is 4. The lowest BCUT2D eigenvalue weighted by atomic mass is 10.0. The fourth-order valence-electron chi connectivity index (χ4n) is 4.02. The molecule has 1 N–H and O–H groups in total. The van der Waals surface area contributed by atoms with Gasteiger partial charge in [-0.15, -0.1) is 0 Å². The first-order valence-electron chi connectivity index (χ1n) is 12.2. The maximum Gasteiger partial charge on any atom is 0.244 e. The molecule has 3 aromatic rings. The van der Waals surface area contributed by atoms with Gasteiger partial charge in [-0.05, 0) is 55.3 Å². The Labute approximate surface area is 238 Å². The predicted molar refractivity (Wildman–Crippen MR) is 153 cm³/mol. The molecular formula is C28H30Cl2FN3O4S. The number of rotatable bonds is 11. The highest BCUT2D eigenvalue weighted by Gasteiger charge is 2.33. The van der Waals surface area contributed by atoms with E-state index in [1.807, 2.05) is 44.2 Å². The van der Waals surface area contributed by atoms with Crippen LogP contribution in [-0.2, 0) is 32.6 Å². The smallest absolute Gasteiger partial charge is 0.244 e. The third-order valence-corrected chi connectivity index (χ3v) is 7.48. The van der Waals surface area contributed by atoms with Gasteiger partial charge in [0.1, 0.15) is 18.4 Å². The van der Waals surface area contributed by atoms with E-state index in [-0.39, 0.29) is 35.6 Å². The van der Waals surface area contributed by atoms with Crippen LogP contribution in [0.2, 0.25) is 10.0 Å². The average Bonchev–Trinajstić information content (AvgIpc) is 2.86. The summed E-state index contributed by atoms with van der Waals surface area (Å²) in [4.78, 5) is 28.8. The zero-order valence-electron chi connectivity index (χ0n) is 21.8. The topological polar surface area (TPSA) is 86.8 Å². The molecule has 0 unspecified atom stereocenters. The number of halogens is 3. The van der Waals surface area contributed by atoms with E-state index < -0.39 is 34.3 Å². The highest BCUT2D eigenvalue weighted by Crippen LogP contribution is 2.25. The molecule has 39 heavy (non-hydrogen) atoms. The van der Waals surface area contributed by atoms with E-state index in [1.54, 1.807) is 24.3 Å². The highest BCUT2D eigenvalue weighted by molar-refractivity contribution is 7.92. The van der Waals surface area contributed by atoms with Crippen LogP contribution in [0, 0.1) is 5.82 Å². The number of carbonyl (C=O) groups is 2. The molecule has 0 aliphatic rings. The first-order valence-corrected chi connectivity index (χ1v) is 14.8. The van der Waals surface area contributed by atoms with Crippen LogP contribution >= 0.6 is 23.2 Å². The first kappa shape index (κ1) is 30.4. The van der Waals surface area contributed by atoms with Gasteiger partial charge in [0, 0.05) is 24.0 Å². The molecule has 2 amide bonds. The van der Waals surface area contributed by atoms with Crippen molar-refractivity contribution in [1.82, 2.24) is 10.2 Å². The number of nitrogens with one attached hydrogen (secondary N) is 1. The Morgan fingerprint density at radius 3 is 2.21 bits per heavy atom. The molecular weight excluding hydrogens is 564 g/mol. The molecule has 0 aliphatic heterocycles. The molecule has 0 spiro atoms. The third kappa shape index (κ3) is 8.68. The van der Waals surface area contributed by atoms with Crippen molar-refractivity contribution in [2.45, 2.75) is 38.9 Å². The van der Waals surface area contributed by atoms with E-state index in [4.69, 9.17) is 23.2 Å². The molecule has 0 fully saturated rings. The van der Waals surface area contributed by atoms with Crippen LogP contribution < -0.4 is 9.62 Å². The summed E-state index contributed by atoms with van der Waals surface area (Å²) in [5, 5.41) is 3.03. The summed E-state index contributed by atoms with van der Waals surface area (Å²) in [6.45, 7) is 2.97. The molecule has 11 heteroatoms. The van der Waals surface area contributed by atoms with Gasteiger partial charge >= 0.3 is 0 Å². The van der Waals surface area contributed by atoms with Crippen LogP contribution in [0.25, 0.3) is 0 Å². The lowest BCUT2D eigenvalue weighted by Gasteiger charge is -2.34. The molecule has 0 saturated carbocycles. The van der Waals surface area contributed by atoms with Gasteiger partial charge < -0.3 is 10.2 Å². The number of nitrogens with zero attached hydrogens (tertiary/aromatic N) is 2. The summed E-state index contributed by atoms with van der Waals surface area (Å²) in [5.74, 6) is -1.75. The predicted octanol–water partition coefficient (Wildman–Crippen LogP) is 5.06. The Kier molecular flexibility index (Phi) is 10.4. The Morgan fingerprint density at radius 2 is 1.62 bits per heavy atom. The molecule has 0 aliphatic carbocycles. The molecule has 0 saturated heterocycles. The Balaban J connectivity index is 2.07. The fraction of sp³-hybridized carbons (Fsp3) is 0.286. The monoisotopic (exact) mass is 593 g/mol. The summed E-state index contributed by atoms with van der Waals surface area (Å²) in [6.07, 6.45) is 1.12. The molecule has 0 bridgehead atoms. The second kappa shape index (κ2) is 13.3. The highest BCUT2D eigenvalue weighted by atomic mass is 35.5. The Morgan fingerprint density at radius 1 is 0.949 bits per heavy atom. The van der Waals surface area contributed by atoms with Gasteiger partial charge in [0.15, 0.2) is 0 Å². The molecule has 0 aromatic heterocycles. The average molecular weight is 595 g/mol. The normalized spacial score (nSPS) is 12.2. The van der Waals surface area contributed by atoms with Crippen molar-refractivity contribution in [2.75, 3.05) is 17.1 Å². The Bertz CT molecular complexity index is 1420. The number of amides is 2. The largest absolute Gasteiger partial charge is 0.352 e. The summed E-state index contributed by atoms with van der Waals surface area (Å²) in [7, 11) is -4.00. The van der Waals surface area contributed by atoms with Crippen molar-refractivity contribution < 1.29 is 22.4 Å². The minimum absolute atomic E-state index is 0.00974. The summed E-state index contributed by atoms with van der Waals surface area (Å²) in [5.41, 5.74) is 1.49. The van der Waals surface area contributed by atoms with Gasteiger partial charge in [-0.3, -0.25) is 13.9 Å². The number of benzene rings is 3. The van der Waals surface area contributed by atoms with E-state index >= 15 is 0 Å². The fourth-order valence-corrected chi connectivity index (χ4v) is 5.25. The van der Waals surface area contributed by atoms with Crippen LogP contribution in [0.3, 0.4) is 0 Å². The molecule has 208 valence electrons. The second-order valence-electron chi connectivity index (χ2n) is 9.39. The summed E-state index contributed by atoms with van der Waals surface area (Å²) < 4.78 is 40.1. The minimum atomic E-state index is -4.00. The molecule has 0 radical (unpaired) electrons. The van der Waals surface area contributed by atoms with Crippen molar-refractivity contribution in [3.63, 3.8) is 0 Å². The van der Waals surface area contributed by atoms with Gasteiger partial charge in [-0.1, -0.05) is 65.7 Å². The number of carbonyl (C=O) groups excluding carboxylic acids is 2. The molecule has 1 atom stereocenters. The number of hydrogen-bond donors (Lipinski definition) is 1. The molecule has 7 nitrogen and oxygen atoms in total. The van der Waals surface area contributed by atoms with Crippen molar-refractivity contribution >= 4 is 50.7 Å². The molecule has 3 rings (SSSR count). The van der Waals surface area contributed by atoms with E-state index in [9.17, 15) is 22.4 Å². The molecule has 0 heterocycles. The van der Waals surface area contributed by atoms with Gasteiger partial charge in [0.2, 0.25) is 21.8 Å². The van der Waals surface area contributed by atoms with Gasteiger partial charge in [-0.25, -0.2) is 12.8 Å². The SMILES string of the molecule is CC(C)NC(=O)[C@H](Cc1ccccc1)N(Cc1cccc(Cl)c1)C(=O)CN(c1ccc(F)c(Cl)c1)S(C)(=O)=O. The van der Waals surface area contributed by atoms with Crippen molar-refractivity contribution in [3.8, 4) is 0 Å². The van der Waals surface area contributed by atoms with Crippen LogP contribution in [0.5, 0.6) is 0 Å². The number of anilines is 1. The molecule has 3 aromatic carbocycles. The standard InChI is InChI=1S/C28H30Cl2FN3O4S/c1-19(2)32-28(36)26(15-20-8-5-4-6-9-20)33(17-21-10-7-11-22(29)14-21)27(35)18-34(39(3,37)38)23-12-13-25(31)24(30)16-23/h4-14,16,19,26H,15,17-18H2,1-3H3,(H,32,36)/t26-/m0/s1. The van der Waals surface area contributed by atoms with Gasteiger partial charge in [0.25, 0.3) is 0 Å². The zero-order chi connectivity index (χ0) is 28.7. The lowest BCUT2D eigenvalue weighted by molar-refractivity contribution is -0.140. The number of sulfonamides is 1. The lowest BCUT2D eigenvalue weighted by Crippen LogP contribution is -2.54. The van der Waals surface area contributed by atoms with Crippen LogP contribution in [0.4, 0.5) is 10.1 Å². The van der Waals surface area contributed by atoms with Crippen LogP contribution in [-0.4, -0.2) is 50.0 Å². The van der Waals surface area contributed by atoms with Gasteiger partial charge in [0.05, 0.1) is 17.0 Å². The van der Waals surface area contributed by atoms with Crippen molar-refractivity contribution in [3.05, 3.63) is 99.8 Å². The summed E-state index contributed by atoms with van der Waals surface area (Å²) >= 11 is 12.1. The summed E-state index contributed by atoms with van der Waals surface area (Å²) in [6, 6.07) is 18.3. The zero-order valence-corrected chi connectivity index (χ0v) is 24.1. The van der Waals surface area contributed by atoms with E-state index in [0.717, 1.165) is 28.3 Å². The third-order valence-electron chi connectivity index (χ3n) is 5.81. The minimum Gasteiger partial charge on any atom is -0.352 e. The van der Waals surface area contributed by atoms with E-state index in [1.165, 1.54) is 11.0 Å². The van der Waals surface area contributed by atoms with E-state index in [2.05, 4.69) is 5.32 Å².